The maximum absolute atomic E-state index is 12.7. The lowest BCUT2D eigenvalue weighted by Gasteiger charge is -2.35. The molecule has 2 aliphatic rings. The van der Waals surface area contributed by atoms with E-state index >= 15 is 0 Å². The van der Waals surface area contributed by atoms with Crippen LogP contribution in [0.25, 0.3) is 10.2 Å². The van der Waals surface area contributed by atoms with Gasteiger partial charge in [0.25, 0.3) is 5.56 Å². The topological polar surface area (TPSA) is 78.1 Å². The van der Waals surface area contributed by atoms with Crippen LogP contribution in [0, 0.1) is 19.8 Å². The van der Waals surface area contributed by atoms with Crippen LogP contribution in [0.5, 0.6) is 0 Å². The van der Waals surface area contributed by atoms with Gasteiger partial charge in [-0.15, -0.1) is 23.1 Å². The molecule has 2 fully saturated rings. The summed E-state index contributed by atoms with van der Waals surface area (Å²) in [7, 11) is 0. The van der Waals surface area contributed by atoms with E-state index in [0.717, 1.165) is 47.1 Å². The lowest BCUT2D eigenvalue weighted by Crippen LogP contribution is -2.47. The maximum atomic E-state index is 12.7. The number of carbonyl (C=O) groups is 1. The van der Waals surface area contributed by atoms with Gasteiger partial charge >= 0.3 is 0 Å². The van der Waals surface area contributed by atoms with Crippen molar-refractivity contribution in [2.45, 2.75) is 82.8 Å². The number of piperidine rings is 1. The summed E-state index contributed by atoms with van der Waals surface area (Å²) >= 11 is 3.09. The van der Waals surface area contributed by atoms with E-state index in [1.54, 1.807) is 11.3 Å². The molecule has 6 nitrogen and oxygen atoms in total. The molecule has 1 atom stereocenters. The number of hydrogen-bond donors (Lipinski definition) is 2. The number of aromatic nitrogens is 2. The van der Waals surface area contributed by atoms with Gasteiger partial charge < -0.3 is 15.2 Å². The second-order valence-corrected chi connectivity index (χ2v) is 12.0. The minimum absolute atomic E-state index is 0.0791. The number of H-pyrrole nitrogens is 1. The molecule has 1 saturated carbocycles. The smallest absolute Gasteiger partial charge is 0.259 e. The average Bonchev–Trinajstić information content (AvgIpc) is 3.07. The Balaban J connectivity index is 1.22. The Bertz CT molecular complexity index is 988. The molecule has 0 radical (unpaired) electrons. The van der Waals surface area contributed by atoms with Crippen molar-refractivity contribution in [3.05, 3.63) is 26.6 Å². The van der Waals surface area contributed by atoms with Crippen LogP contribution < -0.4 is 10.9 Å². The fourth-order valence-electron chi connectivity index (χ4n) is 4.96. The van der Waals surface area contributed by atoms with E-state index in [4.69, 9.17) is 0 Å². The highest BCUT2D eigenvalue weighted by Crippen LogP contribution is 2.27. The third kappa shape index (κ3) is 5.75. The molecular formula is C24H36N4O2S2. The number of thiophene rings is 1. The first-order valence-electron chi connectivity index (χ1n) is 12.0. The van der Waals surface area contributed by atoms with Crippen molar-refractivity contribution in [1.29, 1.82) is 0 Å². The van der Waals surface area contributed by atoms with Gasteiger partial charge in [0.15, 0.2) is 0 Å². The molecule has 0 bridgehead atoms. The Morgan fingerprint density at radius 2 is 1.94 bits per heavy atom. The van der Waals surface area contributed by atoms with Crippen LogP contribution in [0.3, 0.4) is 0 Å². The van der Waals surface area contributed by atoms with E-state index in [1.807, 2.05) is 20.8 Å². The summed E-state index contributed by atoms with van der Waals surface area (Å²) in [5.74, 6) is 2.14. The molecule has 1 saturated heterocycles. The van der Waals surface area contributed by atoms with E-state index in [0.29, 0.717) is 17.0 Å². The predicted molar refractivity (Wildman–Crippen MR) is 135 cm³/mol. The molecule has 0 spiro atoms. The number of fused-ring (bicyclic) bond motifs is 1. The van der Waals surface area contributed by atoms with E-state index in [1.165, 1.54) is 50.4 Å². The van der Waals surface area contributed by atoms with Crippen LogP contribution in [0.4, 0.5) is 0 Å². The van der Waals surface area contributed by atoms with Gasteiger partial charge in [0.2, 0.25) is 5.91 Å². The Labute approximate surface area is 199 Å². The van der Waals surface area contributed by atoms with Gasteiger partial charge in [-0.1, -0.05) is 19.3 Å². The number of likely N-dealkylation sites (tertiary alicyclic amines) is 1. The first kappa shape index (κ1) is 23.8. The van der Waals surface area contributed by atoms with Crippen LogP contribution in [0.15, 0.2) is 4.79 Å². The number of carbonyl (C=O) groups excluding carboxylic acids is 1. The Hall–Kier alpha value is -1.38. The average molecular weight is 477 g/mol. The quantitative estimate of drug-likeness (QED) is 0.620. The summed E-state index contributed by atoms with van der Waals surface area (Å²) in [4.78, 5) is 37.2. The molecule has 1 unspecified atom stereocenters. The van der Waals surface area contributed by atoms with Crippen molar-refractivity contribution in [2.24, 2.45) is 5.92 Å². The Morgan fingerprint density at radius 3 is 2.66 bits per heavy atom. The monoisotopic (exact) mass is 476 g/mol. The molecule has 176 valence electrons. The second kappa shape index (κ2) is 10.7. The molecule has 2 aromatic heterocycles. The minimum Gasteiger partial charge on any atom is -0.352 e. The largest absolute Gasteiger partial charge is 0.352 e. The predicted octanol–water partition coefficient (Wildman–Crippen LogP) is 4.38. The fourth-order valence-corrected chi connectivity index (χ4v) is 6.77. The molecule has 2 aromatic rings. The highest BCUT2D eigenvalue weighted by molar-refractivity contribution is 7.99. The zero-order chi connectivity index (χ0) is 22.7. The molecule has 1 aliphatic carbocycles. The summed E-state index contributed by atoms with van der Waals surface area (Å²) in [6, 6.07) is 0.277. The SMILES string of the molecule is Cc1sc2nc(CSC(C)C(=O)NC3CCN(CC4CCCCC4)CC3)[nH]c(=O)c2c1C. The molecule has 0 aromatic carbocycles. The molecule has 4 rings (SSSR count). The number of nitrogens with one attached hydrogen (secondary N) is 2. The molecule has 8 heteroatoms. The van der Waals surface area contributed by atoms with Crippen molar-refractivity contribution in [3.8, 4) is 0 Å². The highest BCUT2D eigenvalue weighted by atomic mass is 32.2. The summed E-state index contributed by atoms with van der Waals surface area (Å²) in [5, 5.41) is 3.77. The third-order valence-corrected chi connectivity index (χ3v) is 9.36. The zero-order valence-electron chi connectivity index (χ0n) is 19.5. The molecule has 32 heavy (non-hydrogen) atoms. The van der Waals surface area contributed by atoms with Crippen LogP contribution in [0.1, 0.15) is 68.1 Å². The minimum atomic E-state index is -0.178. The van der Waals surface area contributed by atoms with Crippen molar-refractivity contribution in [3.63, 3.8) is 0 Å². The van der Waals surface area contributed by atoms with Gasteiger partial charge in [0.1, 0.15) is 10.7 Å². The van der Waals surface area contributed by atoms with Crippen molar-refractivity contribution in [2.75, 3.05) is 19.6 Å². The second-order valence-electron chi connectivity index (χ2n) is 9.52. The lowest BCUT2D eigenvalue weighted by atomic mass is 9.88. The molecule has 2 N–H and O–H groups in total. The molecule has 1 amide bonds. The first-order chi connectivity index (χ1) is 15.4. The summed E-state index contributed by atoms with van der Waals surface area (Å²) in [5.41, 5.74) is 0.931. The van der Waals surface area contributed by atoms with Crippen LogP contribution >= 0.6 is 23.1 Å². The normalized spacial score (nSPS) is 20.0. The lowest BCUT2D eigenvalue weighted by molar-refractivity contribution is -0.121. The van der Waals surface area contributed by atoms with Gasteiger partial charge in [0, 0.05) is 30.6 Å². The van der Waals surface area contributed by atoms with Gasteiger partial charge in [-0.25, -0.2) is 4.98 Å². The van der Waals surface area contributed by atoms with Crippen molar-refractivity contribution in [1.82, 2.24) is 20.2 Å². The van der Waals surface area contributed by atoms with Gasteiger partial charge in [0.05, 0.1) is 16.4 Å². The third-order valence-electron chi connectivity index (χ3n) is 7.10. The molecule has 3 heterocycles. The van der Waals surface area contributed by atoms with Gasteiger partial charge in [-0.05, 0) is 57.9 Å². The number of thioether (sulfide) groups is 1. The molecular weight excluding hydrogens is 440 g/mol. The van der Waals surface area contributed by atoms with Crippen molar-refractivity contribution < 1.29 is 4.79 Å². The standard InChI is InChI=1S/C24H36N4O2S2/c1-15-16(2)32-24-21(15)23(30)26-20(27-24)14-31-17(3)22(29)25-19-9-11-28(12-10-19)13-18-7-5-4-6-8-18/h17-19H,4-14H2,1-3H3,(H,25,29)(H,26,27,30). The summed E-state index contributed by atoms with van der Waals surface area (Å²) in [6.07, 6.45) is 9.08. The number of aromatic amines is 1. The number of amides is 1. The number of aryl methyl sites for hydroxylation is 2. The van der Waals surface area contributed by atoms with E-state index in [2.05, 4.69) is 20.2 Å². The highest BCUT2D eigenvalue weighted by Gasteiger charge is 2.25. The Kier molecular flexibility index (Phi) is 7.95. The summed E-state index contributed by atoms with van der Waals surface area (Å²) in [6.45, 7) is 9.34. The van der Waals surface area contributed by atoms with E-state index < -0.39 is 0 Å². The van der Waals surface area contributed by atoms with Crippen LogP contribution in [-0.2, 0) is 10.5 Å². The fraction of sp³-hybridized carbons (Fsp3) is 0.708. The van der Waals surface area contributed by atoms with Gasteiger partial charge in [-0.3, -0.25) is 9.59 Å². The van der Waals surface area contributed by atoms with E-state index in [9.17, 15) is 9.59 Å². The summed E-state index contributed by atoms with van der Waals surface area (Å²) < 4.78 is 0. The van der Waals surface area contributed by atoms with Crippen LogP contribution in [0.2, 0.25) is 0 Å². The van der Waals surface area contributed by atoms with Crippen molar-refractivity contribution >= 4 is 39.2 Å². The van der Waals surface area contributed by atoms with Crippen LogP contribution in [-0.4, -0.2) is 51.7 Å². The van der Waals surface area contributed by atoms with Gasteiger partial charge in [-0.2, -0.15) is 0 Å². The number of nitrogens with zero attached hydrogens (tertiary/aromatic N) is 2. The maximum Gasteiger partial charge on any atom is 0.259 e. The first-order valence-corrected chi connectivity index (χ1v) is 13.9. The van der Waals surface area contributed by atoms with E-state index in [-0.39, 0.29) is 22.8 Å². The zero-order valence-corrected chi connectivity index (χ0v) is 21.2. The number of rotatable bonds is 7. The molecule has 1 aliphatic heterocycles. The number of hydrogen-bond acceptors (Lipinski definition) is 6. The Morgan fingerprint density at radius 1 is 1.22 bits per heavy atom.